The zero-order valence-corrected chi connectivity index (χ0v) is 13.4. The Morgan fingerprint density at radius 1 is 1.43 bits per heavy atom. The van der Waals surface area contributed by atoms with Crippen LogP contribution in [-0.4, -0.2) is 25.7 Å². The molecule has 1 rings (SSSR count). The van der Waals surface area contributed by atoms with Crippen LogP contribution >= 0.6 is 0 Å². The summed E-state index contributed by atoms with van der Waals surface area (Å²) < 4.78 is 9.71. The van der Waals surface area contributed by atoms with E-state index in [2.05, 4.69) is 17.7 Å². The molecule has 118 valence electrons. The highest BCUT2D eigenvalue weighted by atomic mass is 16.5. The highest BCUT2D eigenvalue weighted by Crippen LogP contribution is 2.34. The molecule has 0 aromatic carbocycles. The number of hydrogen-bond donors (Lipinski definition) is 0. The molecule has 0 saturated heterocycles. The lowest BCUT2D eigenvalue weighted by Gasteiger charge is -2.30. The number of carbonyl (C=O) groups excluding carboxylic acids is 2. The summed E-state index contributed by atoms with van der Waals surface area (Å²) >= 11 is 0. The van der Waals surface area contributed by atoms with E-state index in [1.54, 1.807) is 0 Å². The van der Waals surface area contributed by atoms with E-state index >= 15 is 0 Å². The maximum atomic E-state index is 11.9. The lowest BCUT2D eigenvalue weighted by molar-refractivity contribution is -0.149. The van der Waals surface area contributed by atoms with Crippen molar-refractivity contribution in [2.24, 2.45) is 17.8 Å². The van der Waals surface area contributed by atoms with Gasteiger partial charge in [-0.15, -0.1) is 0 Å². The summed E-state index contributed by atoms with van der Waals surface area (Å²) in [7, 11) is 1.37. The second kappa shape index (κ2) is 8.65. The van der Waals surface area contributed by atoms with Gasteiger partial charge in [0.15, 0.2) is 0 Å². The van der Waals surface area contributed by atoms with Crippen LogP contribution in [0.25, 0.3) is 0 Å². The molecule has 0 heterocycles. The Hall–Kier alpha value is -1.58. The monoisotopic (exact) mass is 294 g/mol. The van der Waals surface area contributed by atoms with Crippen LogP contribution in [0, 0.1) is 17.8 Å². The Labute approximate surface area is 127 Å². The number of ether oxygens (including phenoxy) is 2. The zero-order valence-electron chi connectivity index (χ0n) is 13.4. The molecule has 1 aliphatic rings. The molecule has 0 radical (unpaired) electrons. The fraction of sp³-hybridized carbons (Fsp3) is 0.647. The van der Waals surface area contributed by atoms with Gasteiger partial charge in [0.1, 0.15) is 0 Å². The smallest absolute Gasteiger partial charge is 0.330 e. The predicted molar refractivity (Wildman–Crippen MR) is 81.5 cm³/mol. The van der Waals surface area contributed by atoms with Gasteiger partial charge in [-0.05, 0) is 38.0 Å². The largest absolute Gasteiger partial charge is 0.466 e. The van der Waals surface area contributed by atoms with Gasteiger partial charge in [-0.3, -0.25) is 4.79 Å². The highest BCUT2D eigenvalue weighted by Gasteiger charge is 2.29. The van der Waals surface area contributed by atoms with E-state index < -0.39 is 0 Å². The minimum absolute atomic E-state index is 0.0983. The van der Waals surface area contributed by atoms with Crippen LogP contribution in [0.5, 0.6) is 0 Å². The molecule has 4 heteroatoms. The summed E-state index contributed by atoms with van der Waals surface area (Å²) in [5, 5.41) is 0. The second-order valence-electron chi connectivity index (χ2n) is 5.58. The van der Waals surface area contributed by atoms with E-state index in [-0.39, 0.29) is 23.8 Å². The molecule has 3 atom stereocenters. The molecule has 4 nitrogen and oxygen atoms in total. The second-order valence-corrected chi connectivity index (χ2v) is 5.58. The maximum absolute atomic E-state index is 11.9. The van der Waals surface area contributed by atoms with Crippen LogP contribution in [0.1, 0.15) is 40.0 Å². The van der Waals surface area contributed by atoms with Crippen LogP contribution in [0.15, 0.2) is 23.8 Å². The van der Waals surface area contributed by atoms with Crippen LogP contribution in [0.2, 0.25) is 0 Å². The molecule has 0 N–H and O–H groups in total. The van der Waals surface area contributed by atoms with Crippen molar-refractivity contribution >= 4 is 11.9 Å². The zero-order chi connectivity index (χ0) is 15.8. The van der Waals surface area contributed by atoms with Gasteiger partial charge >= 0.3 is 11.9 Å². The van der Waals surface area contributed by atoms with E-state index in [0.29, 0.717) is 12.5 Å². The third kappa shape index (κ3) is 5.37. The summed E-state index contributed by atoms with van der Waals surface area (Å²) in [4.78, 5) is 23.0. The molecule has 2 unspecified atom stereocenters. The first kappa shape index (κ1) is 17.5. The number of carbonyl (C=O) groups is 2. The van der Waals surface area contributed by atoms with Crippen molar-refractivity contribution in [1.29, 1.82) is 0 Å². The number of esters is 2. The van der Waals surface area contributed by atoms with Crippen molar-refractivity contribution in [3.05, 3.63) is 23.8 Å². The number of allylic oxidation sites excluding steroid dienone is 3. The van der Waals surface area contributed by atoms with Gasteiger partial charge in [0, 0.05) is 6.08 Å². The van der Waals surface area contributed by atoms with Gasteiger partial charge in [0.2, 0.25) is 0 Å². The normalized spacial score (nSPS) is 21.5. The molecular weight excluding hydrogens is 268 g/mol. The molecule has 0 fully saturated rings. The van der Waals surface area contributed by atoms with Crippen LogP contribution in [0.3, 0.4) is 0 Å². The van der Waals surface area contributed by atoms with Crippen molar-refractivity contribution in [2.75, 3.05) is 13.7 Å². The van der Waals surface area contributed by atoms with E-state index in [4.69, 9.17) is 4.74 Å². The summed E-state index contributed by atoms with van der Waals surface area (Å²) in [6.45, 7) is 6.30. The fourth-order valence-corrected chi connectivity index (χ4v) is 2.70. The third-order valence-corrected chi connectivity index (χ3v) is 4.27. The first-order chi connectivity index (χ1) is 9.99. The first-order valence-corrected chi connectivity index (χ1v) is 7.61. The van der Waals surface area contributed by atoms with E-state index in [0.717, 1.165) is 24.8 Å². The number of methoxy groups -OCH3 is 1. The minimum Gasteiger partial charge on any atom is -0.466 e. The van der Waals surface area contributed by atoms with E-state index in [1.165, 1.54) is 13.2 Å². The first-order valence-electron chi connectivity index (χ1n) is 7.61. The van der Waals surface area contributed by atoms with Crippen LogP contribution in [0.4, 0.5) is 0 Å². The molecule has 0 spiro atoms. The molecule has 0 aromatic heterocycles. The highest BCUT2D eigenvalue weighted by molar-refractivity contribution is 5.82. The van der Waals surface area contributed by atoms with E-state index in [9.17, 15) is 9.59 Å². The Kier molecular flexibility index (Phi) is 7.20. The Bertz CT molecular complexity index is 423. The van der Waals surface area contributed by atoms with Crippen molar-refractivity contribution in [2.45, 2.75) is 40.0 Å². The summed E-state index contributed by atoms with van der Waals surface area (Å²) in [5.41, 5.74) is 1.14. The molecule has 21 heavy (non-hydrogen) atoms. The van der Waals surface area contributed by atoms with Gasteiger partial charge < -0.3 is 9.47 Å². The summed E-state index contributed by atoms with van der Waals surface area (Å²) in [6, 6.07) is 0. The predicted octanol–water partition coefficient (Wildman–Crippen LogP) is 3.28. The quantitative estimate of drug-likeness (QED) is 0.557. The van der Waals surface area contributed by atoms with Crippen molar-refractivity contribution in [1.82, 2.24) is 0 Å². The van der Waals surface area contributed by atoms with Crippen molar-refractivity contribution in [3.63, 3.8) is 0 Å². The molecule has 0 bridgehead atoms. The Balaban J connectivity index is 2.61. The van der Waals surface area contributed by atoms with Gasteiger partial charge in [-0.2, -0.15) is 0 Å². The average molecular weight is 294 g/mol. The molecule has 0 saturated carbocycles. The van der Waals surface area contributed by atoms with E-state index in [1.807, 2.05) is 19.9 Å². The third-order valence-electron chi connectivity index (χ3n) is 4.27. The maximum Gasteiger partial charge on any atom is 0.330 e. The summed E-state index contributed by atoms with van der Waals surface area (Å²) in [5.74, 6) is 0.141. The van der Waals surface area contributed by atoms with Crippen LogP contribution < -0.4 is 0 Å². The molecule has 0 aromatic rings. The van der Waals surface area contributed by atoms with Gasteiger partial charge in [-0.1, -0.05) is 31.6 Å². The lowest BCUT2D eigenvalue weighted by atomic mass is 9.75. The minimum atomic E-state index is -0.342. The van der Waals surface area contributed by atoms with Crippen molar-refractivity contribution < 1.29 is 19.1 Å². The van der Waals surface area contributed by atoms with Gasteiger partial charge in [0.25, 0.3) is 0 Å². The van der Waals surface area contributed by atoms with Crippen molar-refractivity contribution in [3.8, 4) is 0 Å². The fourth-order valence-electron chi connectivity index (χ4n) is 2.70. The van der Waals surface area contributed by atoms with Gasteiger partial charge in [0.05, 0.1) is 19.6 Å². The lowest BCUT2D eigenvalue weighted by Crippen LogP contribution is -2.28. The molecule has 0 aliphatic heterocycles. The topological polar surface area (TPSA) is 52.6 Å². The Morgan fingerprint density at radius 2 is 2.14 bits per heavy atom. The molecule has 1 aliphatic carbocycles. The summed E-state index contributed by atoms with van der Waals surface area (Å²) in [6.07, 6.45) is 8.36. The SMILES string of the molecule is CCOC(=O)C(C)C(C)[C@@H]1CCC=C(/C=C/C(=O)OC)C1. The standard InChI is InChI=1S/C17H26O4/c1-5-21-17(19)13(3)12(2)15-8-6-7-14(11-15)9-10-16(18)20-4/h7,9-10,12-13,15H,5-6,8,11H2,1-4H3/b10-9+/t12?,13?,15-/m1/s1. The number of hydrogen-bond acceptors (Lipinski definition) is 4. The average Bonchev–Trinajstić information content (AvgIpc) is 2.51. The Morgan fingerprint density at radius 3 is 2.76 bits per heavy atom. The molecular formula is C17H26O4. The molecule has 0 amide bonds. The van der Waals surface area contributed by atoms with Crippen LogP contribution in [-0.2, 0) is 19.1 Å². The number of rotatable bonds is 6. The van der Waals surface area contributed by atoms with Gasteiger partial charge in [-0.25, -0.2) is 4.79 Å².